The van der Waals surface area contributed by atoms with Gasteiger partial charge in [-0.25, -0.2) is 4.68 Å². The summed E-state index contributed by atoms with van der Waals surface area (Å²) in [7, 11) is 0. The Morgan fingerprint density at radius 1 is 1.12 bits per heavy atom. The summed E-state index contributed by atoms with van der Waals surface area (Å²) >= 11 is 0. The number of aromatic nitrogens is 2. The minimum absolute atomic E-state index is 0.210. The number of aliphatic hydroxyl groups is 1. The highest BCUT2D eigenvalue weighted by atomic mass is 16.5. The molecule has 0 spiro atoms. The number of hydrogen-bond acceptors (Lipinski definition) is 5. The van der Waals surface area contributed by atoms with E-state index in [1.54, 1.807) is 0 Å². The second kappa shape index (κ2) is 11.5. The first-order chi connectivity index (χ1) is 16.2. The summed E-state index contributed by atoms with van der Waals surface area (Å²) in [5.41, 5.74) is 3.03. The monoisotopic (exact) mass is 449 g/mol. The molecule has 6 heteroatoms. The van der Waals surface area contributed by atoms with E-state index in [2.05, 4.69) is 11.8 Å². The molecule has 1 N–H and O–H groups in total. The molecule has 2 atom stereocenters. The Bertz CT molecular complexity index is 985. The van der Waals surface area contributed by atoms with Crippen LogP contribution < -0.4 is 4.74 Å². The lowest BCUT2D eigenvalue weighted by Gasteiger charge is -2.27. The molecule has 2 heterocycles. The van der Waals surface area contributed by atoms with Gasteiger partial charge in [0.25, 0.3) is 0 Å². The number of benzene rings is 2. The highest BCUT2D eigenvalue weighted by Crippen LogP contribution is 2.32. The largest absolute Gasteiger partial charge is 0.439 e. The lowest BCUT2D eigenvalue weighted by molar-refractivity contribution is 0.0451. The van der Waals surface area contributed by atoms with Crippen LogP contribution in [0.25, 0.3) is 5.69 Å². The van der Waals surface area contributed by atoms with Crippen molar-refractivity contribution in [3.8, 4) is 17.3 Å². The summed E-state index contributed by atoms with van der Waals surface area (Å²) in [6.45, 7) is 7.00. The van der Waals surface area contributed by atoms with Crippen LogP contribution in [0.4, 0.5) is 0 Å². The van der Waals surface area contributed by atoms with Gasteiger partial charge in [0.2, 0.25) is 5.88 Å². The van der Waals surface area contributed by atoms with Gasteiger partial charge in [-0.05, 0) is 49.9 Å². The van der Waals surface area contributed by atoms with Crippen molar-refractivity contribution in [2.75, 3.05) is 19.7 Å². The normalized spacial score (nSPS) is 16.9. The third-order valence-corrected chi connectivity index (χ3v) is 6.12. The third kappa shape index (κ3) is 6.02. The van der Waals surface area contributed by atoms with Crippen molar-refractivity contribution < 1.29 is 14.6 Å². The Morgan fingerprint density at radius 2 is 1.85 bits per heavy atom. The molecule has 2 aromatic carbocycles. The van der Waals surface area contributed by atoms with Gasteiger partial charge in [0.05, 0.1) is 29.2 Å². The molecule has 1 saturated heterocycles. The molecule has 0 radical (unpaired) electrons. The summed E-state index contributed by atoms with van der Waals surface area (Å²) in [5.74, 6) is 1.50. The van der Waals surface area contributed by atoms with Gasteiger partial charge in [-0.15, -0.1) is 0 Å². The molecule has 0 bridgehead atoms. The molecule has 1 aliphatic heterocycles. The van der Waals surface area contributed by atoms with E-state index in [9.17, 15) is 5.11 Å². The molecule has 0 unspecified atom stereocenters. The van der Waals surface area contributed by atoms with E-state index >= 15 is 0 Å². The molecular weight excluding hydrogens is 414 g/mol. The van der Waals surface area contributed by atoms with E-state index in [0.29, 0.717) is 13.1 Å². The maximum atomic E-state index is 10.5. The van der Waals surface area contributed by atoms with Crippen LogP contribution in [0, 0.1) is 0 Å². The zero-order valence-corrected chi connectivity index (χ0v) is 19.7. The molecule has 6 nitrogen and oxygen atoms in total. The van der Waals surface area contributed by atoms with Crippen molar-refractivity contribution in [3.63, 3.8) is 0 Å². The molecule has 0 aliphatic carbocycles. The summed E-state index contributed by atoms with van der Waals surface area (Å²) < 4.78 is 14.3. The number of rotatable bonds is 11. The molecular formula is C27H35N3O3. The Morgan fingerprint density at radius 3 is 2.48 bits per heavy atom. The second-order valence-corrected chi connectivity index (χ2v) is 8.64. The number of nitrogens with zero attached hydrogens (tertiary/aromatic N) is 3. The van der Waals surface area contributed by atoms with Crippen LogP contribution in [0.3, 0.4) is 0 Å². The molecule has 0 saturated carbocycles. The standard InChI is InChI=1S/C27H35N3O3/c1-3-22(31)18-29(19-24-16-11-17-32-24)20-25-26(4-2)28-30(21-12-7-5-8-13-21)27(25)33-23-14-9-6-10-15-23/h5-10,12-15,22,24,31H,3-4,11,16-20H2,1-2H3/t22-,24-/m0/s1. The summed E-state index contributed by atoms with van der Waals surface area (Å²) in [5, 5.41) is 15.4. The van der Waals surface area contributed by atoms with Gasteiger partial charge in [0, 0.05) is 26.2 Å². The van der Waals surface area contributed by atoms with E-state index in [1.807, 2.05) is 72.3 Å². The van der Waals surface area contributed by atoms with Crippen LogP contribution in [-0.4, -0.2) is 51.7 Å². The number of aryl methyl sites for hydroxylation is 1. The van der Waals surface area contributed by atoms with Crippen molar-refractivity contribution in [1.29, 1.82) is 0 Å². The van der Waals surface area contributed by atoms with Gasteiger partial charge in [-0.1, -0.05) is 50.2 Å². The molecule has 1 aliphatic rings. The van der Waals surface area contributed by atoms with Crippen LogP contribution in [0.2, 0.25) is 0 Å². The highest BCUT2D eigenvalue weighted by molar-refractivity contribution is 5.43. The minimum atomic E-state index is -0.376. The molecule has 1 fully saturated rings. The maximum absolute atomic E-state index is 10.5. The van der Waals surface area contributed by atoms with Gasteiger partial charge in [0.15, 0.2) is 0 Å². The number of aliphatic hydroxyl groups excluding tert-OH is 1. The predicted octanol–water partition coefficient (Wildman–Crippen LogP) is 4.98. The third-order valence-electron chi connectivity index (χ3n) is 6.12. The molecule has 1 aromatic heterocycles. The number of ether oxygens (including phenoxy) is 2. The number of hydrogen-bond donors (Lipinski definition) is 1. The van der Waals surface area contributed by atoms with Crippen molar-refractivity contribution in [2.24, 2.45) is 0 Å². The smallest absolute Gasteiger partial charge is 0.227 e. The molecule has 3 aromatic rings. The van der Waals surface area contributed by atoms with E-state index < -0.39 is 0 Å². The van der Waals surface area contributed by atoms with Crippen LogP contribution >= 0.6 is 0 Å². The SMILES string of the molecule is CCc1nn(-c2ccccc2)c(Oc2ccccc2)c1CN(C[C@@H](O)CC)C[C@@H]1CCCO1. The lowest BCUT2D eigenvalue weighted by Crippen LogP contribution is -2.37. The fourth-order valence-electron chi connectivity index (χ4n) is 4.30. The Kier molecular flexibility index (Phi) is 8.15. The highest BCUT2D eigenvalue weighted by Gasteiger charge is 2.26. The Balaban J connectivity index is 1.71. The number of para-hydroxylation sites is 2. The van der Waals surface area contributed by atoms with Crippen molar-refractivity contribution in [3.05, 3.63) is 71.9 Å². The first kappa shape index (κ1) is 23.5. The van der Waals surface area contributed by atoms with Gasteiger partial charge >= 0.3 is 0 Å². The summed E-state index contributed by atoms with van der Waals surface area (Å²) in [4.78, 5) is 2.30. The van der Waals surface area contributed by atoms with E-state index in [-0.39, 0.29) is 12.2 Å². The fraction of sp³-hybridized carbons (Fsp3) is 0.444. The van der Waals surface area contributed by atoms with E-state index in [0.717, 1.165) is 67.4 Å². The maximum Gasteiger partial charge on any atom is 0.227 e. The second-order valence-electron chi connectivity index (χ2n) is 8.64. The minimum Gasteiger partial charge on any atom is -0.439 e. The summed E-state index contributed by atoms with van der Waals surface area (Å²) in [6, 6.07) is 20.0. The van der Waals surface area contributed by atoms with Crippen LogP contribution in [0.1, 0.15) is 44.4 Å². The average molecular weight is 450 g/mol. The molecule has 176 valence electrons. The van der Waals surface area contributed by atoms with Crippen LogP contribution in [0.15, 0.2) is 60.7 Å². The molecule has 4 rings (SSSR count). The van der Waals surface area contributed by atoms with E-state index in [4.69, 9.17) is 14.6 Å². The van der Waals surface area contributed by atoms with E-state index in [1.165, 1.54) is 0 Å². The summed E-state index contributed by atoms with van der Waals surface area (Å²) in [6.07, 6.45) is 3.52. The first-order valence-electron chi connectivity index (χ1n) is 12.1. The Hall–Kier alpha value is -2.67. The van der Waals surface area contributed by atoms with Gasteiger partial charge in [0.1, 0.15) is 5.75 Å². The van der Waals surface area contributed by atoms with Crippen molar-refractivity contribution >= 4 is 0 Å². The van der Waals surface area contributed by atoms with Gasteiger partial charge in [-0.2, -0.15) is 5.10 Å². The fourth-order valence-corrected chi connectivity index (χ4v) is 4.30. The first-order valence-corrected chi connectivity index (χ1v) is 12.1. The zero-order chi connectivity index (χ0) is 23.0. The lowest BCUT2D eigenvalue weighted by atomic mass is 10.1. The topological polar surface area (TPSA) is 59.8 Å². The molecule has 0 amide bonds. The van der Waals surface area contributed by atoms with Gasteiger partial charge < -0.3 is 14.6 Å². The zero-order valence-electron chi connectivity index (χ0n) is 19.7. The van der Waals surface area contributed by atoms with Crippen molar-refractivity contribution in [1.82, 2.24) is 14.7 Å². The van der Waals surface area contributed by atoms with Crippen LogP contribution in [-0.2, 0) is 17.7 Å². The van der Waals surface area contributed by atoms with Gasteiger partial charge in [-0.3, -0.25) is 4.90 Å². The Labute approximate surface area is 196 Å². The predicted molar refractivity (Wildman–Crippen MR) is 130 cm³/mol. The quantitative estimate of drug-likeness (QED) is 0.447. The molecule has 33 heavy (non-hydrogen) atoms. The average Bonchev–Trinajstić information content (AvgIpc) is 3.48. The van der Waals surface area contributed by atoms with Crippen molar-refractivity contribution in [2.45, 2.75) is 58.3 Å². The van der Waals surface area contributed by atoms with Crippen LogP contribution in [0.5, 0.6) is 11.6 Å².